The van der Waals surface area contributed by atoms with Crippen LogP contribution >= 0.6 is 0 Å². The summed E-state index contributed by atoms with van der Waals surface area (Å²) in [6.07, 6.45) is 1.72. The molecule has 1 N–H and O–H groups in total. The van der Waals surface area contributed by atoms with E-state index in [0.717, 1.165) is 40.9 Å². The van der Waals surface area contributed by atoms with Crippen LogP contribution in [0.4, 0.5) is 0 Å². The average Bonchev–Trinajstić information content (AvgIpc) is 2.86. The number of benzene rings is 2. The van der Waals surface area contributed by atoms with E-state index in [9.17, 15) is 4.79 Å². The molecule has 0 aliphatic heterocycles. The van der Waals surface area contributed by atoms with E-state index < -0.39 is 0 Å². The lowest BCUT2D eigenvalue weighted by atomic mass is 10.0. The van der Waals surface area contributed by atoms with Crippen LogP contribution in [0.25, 0.3) is 16.9 Å². The van der Waals surface area contributed by atoms with Crippen molar-refractivity contribution in [3.63, 3.8) is 0 Å². The highest BCUT2D eigenvalue weighted by molar-refractivity contribution is 5.66. The predicted molar refractivity (Wildman–Crippen MR) is 95.3 cm³/mol. The minimum atomic E-state index is 0.0516. The van der Waals surface area contributed by atoms with Gasteiger partial charge in [-0.15, -0.1) is 0 Å². The van der Waals surface area contributed by atoms with Crippen LogP contribution in [0, 0.1) is 13.8 Å². The zero-order chi connectivity index (χ0) is 16.4. The molecule has 0 unspecified atom stereocenters. The number of aryl methyl sites for hydroxylation is 2. The second kappa shape index (κ2) is 6.29. The molecule has 0 aliphatic rings. The molecule has 2 aromatic carbocycles. The van der Waals surface area contributed by atoms with Crippen LogP contribution in [0.15, 0.2) is 53.3 Å². The van der Waals surface area contributed by atoms with Crippen molar-refractivity contribution in [3.05, 3.63) is 75.6 Å². The predicted octanol–water partition coefficient (Wildman–Crippen LogP) is 4.40. The van der Waals surface area contributed by atoms with Gasteiger partial charge in [-0.25, -0.2) is 4.68 Å². The summed E-state index contributed by atoms with van der Waals surface area (Å²) >= 11 is 0. The third-order valence-corrected chi connectivity index (χ3v) is 4.16. The van der Waals surface area contributed by atoms with Crippen LogP contribution < -0.4 is 5.56 Å². The minimum absolute atomic E-state index is 0.0516. The topological polar surface area (TPSA) is 37.8 Å². The number of nitrogens with zero attached hydrogens (tertiary/aromatic N) is 1. The number of H-pyrrole nitrogens is 1. The Morgan fingerprint density at radius 3 is 2.52 bits per heavy atom. The number of hydrogen-bond acceptors (Lipinski definition) is 1. The van der Waals surface area contributed by atoms with Crippen molar-refractivity contribution in [1.82, 2.24) is 9.78 Å². The van der Waals surface area contributed by atoms with Crippen molar-refractivity contribution in [2.45, 2.75) is 33.6 Å². The first-order valence-electron chi connectivity index (χ1n) is 8.08. The maximum atomic E-state index is 12.9. The largest absolute Gasteiger partial charge is 0.290 e. The van der Waals surface area contributed by atoms with Crippen LogP contribution in [-0.4, -0.2) is 9.78 Å². The van der Waals surface area contributed by atoms with Crippen molar-refractivity contribution in [1.29, 1.82) is 0 Å². The molecule has 3 nitrogen and oxygen atoms in total. The molecule has 0 spiro atoms. The normalized spacial score (nSPS) is 10.9. The zero-order valence-electron chi connectivity index (χ0n) is 13.9. The van der Waals surface area contributed by atoms with Crippen molar-refractivity contribution < 1.29 is 0 Å². The lowest BCUT2D eigenvalue weighted by Gasteiger charge is -2.06. The van der Waals surface area contributed by atoms with E-state index in [4.69, 9.17) is 0 Å². The summed E-state index contributed by atoms with van der Waals surface area (Å²) in [7, 11) is 0. The first kappa shape index (κ1) is 15.3. The average molecular weight is 306 g/mol. The smallest absolute Gasteiger partial charge is 0.275 e. The van der Waals surface area contributed by atoms with E-state index in [1.54, 1.807) is 4.68 Å². The fourth-order valence-electron chi connectivity index (χ4n) is 2.98. The number of hydrogen-bond donors (Lipinski definition) is 1. The fourth-order valence-corrected chi connectivity index (χ4v) is 2.98. The number of rotatable bonds is 4. The first-order valence-corrected chi connectivity index (χ1v) is 8.08. The first-order chi connectivity index (χ1) is 11.1. The van der Waals surface area contributed by atoms with Gasteiger partial charge in [-0.1, -0.05) is 49.7 Å². The van der Waals surface area contributed by atoms with Gasteiger partial charge in [-0.3, -0.25) is 9.89 Å². The zero-order valence-corrected chi connectivity index (χ0v) is 13.9. The van der Waals surface area contributed by atoms with Crippen LogP contribution in [0.1, 0.15) is 30.0 Å². The number of nitrogens with one attached hydrogen (secondary N) is 1. The van der Waals surface area contributed by atoms with Crippen LogP contribution in [-0.2, 0) is 6.42 Å². The molecule has 3 rings (SSSR count). The van der Waals surface area contributed by atoms with E-state index >= 15 is 0 Å². The van der Waals surface area contributed by atoms with Crippen molar-refractivity contribution in [2.75, 3.05) is 0 Å². The molecule has 0 radical (unpaired) electrons. The van der Waals surface area contributed by atoms with E-state index in [0.29, 0.717) is 0 Å². The molecule has 3 aromatic rings. The van der Waals surface area contributed by atoms with Crippen LogP contribution in [0.2, 0.25) is 0 Å². The highest BCUT2D eigenvalue weighted by Gasteiger charge is 2.17. The summed E-state index contributed by atoms with van der Waals surface area (Å²) in [4.78, 5) is 12.9. The Labute approximate surface area is 136 Å². The highest BCUT2D eigenvalue weighted by Crippen LogP contribution is 2.25. The van der Waals surface area contributed by atoms with Crippen molar-refractivity contribution in [3.8, 4) is 16.9 Å². The maximum absolute atomic E-state index is 12.9. The third kappa shape index (κ3) is 2.87. The van der Waals surface area contributed by atoms with Gasteiger partial charge in [0.1, 0.15) is 0 Å². The lowest BCUT2D eigenvalue weighted by Crippen LogP contribution is -2.17. The minimum Gasteiger partial charge on any atom is -0.290 e. The fraction of sp³-hybridized carbons (Fsp3) is 0.250. The SMILES string of the molecule is CCCc1c(-c2ccccc2C)[nH]n(-c2cccc(C)c2)c1=O. The van der Waals surface area contributed by atoms with Crippen LogP contribution in [0.3, 0.4) is 0 Å². The lowest BCUT2D eigenvalue weighted by molar-refractivity contribution is 0.841. The van der Waals surface area contributed by atoms with Gasteiger partial charge in [0, 0.05) is 11.1 Å². The monoisotopic (exact) mass is 306 g/mol. The molecule has 0 saturated heterocycles. The molecule has 118 valence electrons. The Balaban J connectivity index is 2.23. The number of aromatic nitrogens is 2. The molecule has 1 heterocycles. The van der Waals surface area contributed by atoms with Gasteiger partial charge >= 0.3 is 0 Å². The van der Waals surface area contributed by atoms with Crippen molar-refractivity contribution >= 4 is 0 Å². The molecule has 0 atom stereocenters. The Morgan fingerprint density at radius 1 is 1.04 bits per heavy atom. The van der Waals surface area contributed by atoms with E-state index in [1.807, 2.05) is 43.3 Å². The summed E-state index contributed by atoms with van der Waals surface area (Å²) in [5, 5.41) is 3.34. The molecule has 0 aliphatic carbocycles. The van der Waals surface area contributed by atoms with Gasteiger partial charge < -0.3 is 0 Å². The molecule has 1 aromatic heterocycles. The summed E-state index contributed by atoms with van der Waals surface area (Å²) in [5.74, 6) is 0. The quantitative estimate of drug-likeness (QED) is 0.762. The van der Waals surface area contributed by atoms with Crippen molar-refractivity contribution in [2.24, 2.45) is 0 Å². The van der Waals surface area contributed by atoms with Crippen LogP contribution in [0.5, 0.6) is 0 Å². The summed E-state index contributed by atoms with van der Waals surface area (Å²) in [6.45, 7) is 6.21. The van der Waals surface area contributed by atoms with Gasteiger partial charge in [0.25, 0.3) is 5.56 Å². The Hall–Kier alpha value is -2.55. The molecule has 3 heteroatoms. The Kier molecular flexibility index (Phi) is 4.20. The Morgan fingerprint density at radius 2 is 1.83 bits per heavy atom. The number of aromatic amines is 1. The summed E-state index contributed by atoms with van der Waals surface area (Å²) in [5.41, 5.74) is 6.14. The molecule has 0 fully saturated rings. The highest BCUT2D eigenvalue weighted by atomic mass is 16.1. The molecule has 0 saturated carbocycles. The van der Waals surface area contributed by atoms with Gasteiger partial charge in [0.2, 0.25) is 0 Å². The van der Waals surface area contributed by atoms with Gasteiger partial charge in [0.15, 0.2) is 0 Å². The third-order valence-electron chi connectivity index (χ3n) is 4.16. The molecular formula is C20H22N2O. The Bertz CT molecular complexity index is 887. The van der Waals surface area contributed by atoms with E-state index in [-0.39, 0.29) is 5.56 Å². The molecule has 0 bridgehead atoms. The van der Waals surface area contributed by atoms with E-state index in [1.165, 1.54) is 5.56 Å². The molecule has 0 amide bonds. The van der Waals surface area contributed by atoms with Gasteiger partial charge in [-0.2, -0.15) is 0 Å². The van der Waals surface area contributed by atoms with E-state index in [2.05, 4.69) is 31.1 Å². The standard InChI is InChI=1S/C20H22N2O/c1-4-8-18-19(17-12-6-5-10-15(17)3)21-22(20(18)23)16-11-7-9-14(2)13-16/h5-7,9-13,21H,4,8H2,1-3H3. The molecular weight excluding hydrogens is 284 g/mol. The second-order valence-corrected chi connectivity index (χ2v) is 6.01. The van der Waals surface area contributed by atoms with Gasteiger partial charge in [0.05, 0.1) is 11.4 Å². The van der Waals surface area contributed by atoms with Gasteiger partial charge in [-0.05, 0) is 43.5 Å². The summed E-state index contributed by atoms with van der Waals surface area (Å²) in [6, 6.07) is 16.2. The molecule has 23 heavy (non-hydrogen) atoms. The maximum Gasteiger partial charge on any atom is 0.275 e. The summed E-state index contributed by atoms with van der Waals surface area (Å²) < 4.78 is 1.67. The second-order valence-electron chi connectivity index (χ2n) is 6.01.